The standard InChI is InChI=1S/C23H23FN6/c1-16-7-6-12-29(15-16)23-27-21(26-18-9-5-8-17(24)13-18)20-14-25-30(22(20)28-23)19-10-3-2-4-11-19/h2-5,8-11,13-14,16H,6-7,12,15H2,1H3,(H,26,27,28)/t16-/m0/s1. The first kappa shape index (κ1) is 18.5. The van der Waals surface area contributed by atoms with Gasteiger partial charge in [0.1, 0.15) is 11.6 Å². The van der Waals surface area contributed by atoms with Crippen LogP contribution in [0.1, 0.15) is 19.8 Å². The molecule has 2 aromatic carbocycles. The molecule has 152 valence electrons. The minimum absolute atomic E-state index is 0.296. The van der Waals surface area contributed by atoms with Gasteiger partial charge in [0.2, 0.25) is 5.95 Å². The Hall–Kier alpha value is -3.48. The van der Waals surface area contributed by atoms with E-state index in [9.17, 15) is 4.39 Å². The Morgan fingerprint density at radius 1 is 1.07 bits per heavy atom. The number of hydrogen-bond donors (Lipinski definition) is 1. The van der Waals surface area contributed by atoms with Crippen LogP contribution in [0.5, 0.6) is 0 Å². The van der Waals surface area contributed by atoms with Gasteiger partial charge in [-0.3, -0.25) is 0 Å². The lowest BCUT2D eigenvalue weighted by Gasteiger charge is -2.31. The Morgan fingerprint density at radius 3 is 2.73 bits per heavy atom. The Kier molecular flexibility index (Phi) is 4.78. The molecular weight excluding hydrogens is 379 g/mol. The van der Waals surface area contributed by atoms with Gasteiger partial charge in [0.25, 0.3) is 0 Å². The average Bonchev–Trinajstić information content (AvgIpc) is 3.19. The van der Waals surface area contributed by atoms with Gasteiger partial charge in [0.05, 0.1) is 17.3 Å². The van der Waals surface area contributed by atoms with Gasteiger partial charge < -0.3 is 10.2 Å². The smallest absolute Gasteiger partial charge is 0.229 e. The van der Waals surface area contributed by atoms with Crippen molar-refractivity contribution < 1.29 is 4.39 Å². The Bertz CT molecular complexity index is 1170. The highest BCUT2D eigenvalue weighted by molar-refractivity contribution is 5.90. The highest BCUT2D eigenvalue weighted by Crippen LogP contribution is 2.29. The van der Waals surface area contributed by atoms with E-state index >= 15 is 0 Å². The number of anilines is 3. The number of benzene rings is 2. The summed E-state index contributed by atoms with van der Waals surface area (Å²) in [6.07, 6.45) is 4.09. The van der Waals surface area contributed by atoms with Crippen molar-refractivity contribution in [3.63, 3.8) is 0 Å². The molecule has 1 atom stereocenters. The van der Waals surface area contributed by atoms with E-state index in [2.05, 4.69) is 22.2 Å². The fraction of sp³-hybridized carbons (Fsp3) is 0.261. The molecule has 1 aliphatic rings. The summed E-state index contributed by atoms with van der Waals surface area (Å²) >= 11 is 0. The molecule has 1 aliphatic heterocycles. The molecule has 1 saturated heterocycles. The fourth-order valence-electron chi connectivity index (χ4n) is 3.97. The van der Waals surface area contributed by atoms with Crippen LogP contribution in [0.4, 0.5) is 21.8 Å². The van der Waals surface area contributed by atoms with Crippen molar-refractivity contribution in [1.82, 2.24) is 19.7 Å². The minimum Gasteiger partial charge on any atom is -0.340 e. The Balaban J connectivity index is 1.64. The van der Waals surface area contributed by atoms with E-state index in [4.69, 9.17) is 9.97 Å². The molecule has 0 unspecified atom stereocenters. The first-order valence-electron chi connectivity index (χ1n) is 10.3. The molecule has 30 heavy (non-hydrogen) atoms. The van der Waals surface area contributed by atoms with Gasteiger partial charge in [0.15, 0.2) is 5.65 Å². The molecule has 4 aromatic rings. The molecule has 1 fully saturated rings. The molecule has 7 heteroatoms. The van der Waals surface area contributed by atoms with E-state index in [1.807, 2.05) is 41.1 Å². The fourth-order valence-corrected chi connectivity index (χ4v) is 3.97. The van der Waals surface area contributed by atoms with Gasteiger partial charge in [-0.15, -0.1) is 0 Å². The number of piperidine rings is 1. The Morgan fingerprint density at radius 2 is 1.93 bits per heavy atom. The summed E-state index contributed by atoms with van der Waals surface area (Å²) in [6, 6.07) is 16.3. The third kappa shape index (κ3) is 3.58. The largest absolute Gasteiger partial charge is 0.340 e. The van der Waals surface area contributed by atoms with Gasteiger partial charge in [-0.05, 0) is 49.1 Å². The summed E-state index contributed by atoms with van der Waals surface area (Å²) in [5, 5.41) is 8.63. The normalized spacial score (nSPS) is 16.7. The van der Waals surface area contributed by atoms with Gasteiger partial charge in [-0.25, -0.2) is 9.07 Å². The summed E-state index contributed by atoms with van der Waals surface area (Å²) in [6.45, 7) is 4.10. The summed E-state index contributed by atoms with van der Waals surface area (Å²) in [5.74, 6) is 1.60. The highest BCUT2D eigenvalue weighted by atomic mass is 19.1. The number of nitrogens with one attached hydrogen (secondary N) is 1. The first-order valence-corrected chi connectivity index (χ1v) is 10.3. The van der Waals surface area contributed by atoms with E-state index in [-0.39, 0.29) is 5.82 Å². The summed E-state index contributed by atoms with van der Waals surface area (Å²) in [5.41, 5.74) is 2.30. The summed E-state index contributed by atoms with van der Waals surface area (Å²) in [7, 11) is 0. The second kappa shape index (κ2) is 7.74. The number of para-hydroxylation sites is 1. The molecule has 5 rings (SSSR count). The van der Waals surface area contributed by atoms with Crippen LogP contribution in [0.3, 0.4) is 0 Å². The molecule has 0 spiro atoms. The van der Waals surface area contributed by atoms with Crippen LogP contribution < -0.4 is 10.2 Å². The van der Waals surface area contributed by atoms with Crippen LogP contribution in [0.25, 0.3) is 16.7 Å². The molecule has 0 bridgehead atoms. The van der Waals surface area contributed by atoms with Crippen molar-refractivity contribution in [3.8, 4) is 5.69 Å². The zero-order valence-electron chi connectivity index (χ0n) is 16.8. The minimum atomic E-state index is -0.296. The zero-order chi connectivity index (χ0) is 20.5. The molecule has 0 saturated carbocycles. The van der Waals surface area contributed by atoms with E-state index in [0.29, 0.717) is 23.4 Å². The van der Waals surface area contributed by atoms with Crippen LogP contribution in [0, 0.1) is 11.7 Å². The molecule has 0 radical (unpaired) electrons. The van der Waals surface area contributed by atoms with E-state index in [1.54, 1.807) is 12.3 Å². The molecule has 2 aromatic heterocycles. The zero-order valence-corrected chi connectivity index (χ0v) is 16.8. The van der Waals surface area contributed by atoms with E-state index in [0.717, 1.165) is 36.2 Å². The highest BCUT2D eigenvalue weighted by Gasteiger charge is 2.22. The van der Waals surface area contributed by atoms with Crippen molar-refractivity contribution in [2.45, 2.75) is 19.8 Å². The maximum Gasteiger partial charge on any atom is 0.229 e. The van der Waals surface area contributed by atoms with Crippen molar-refractivity contribution in [1.29, 1.82) is 0 Å². The number of rotatable bonds is 4. The number of hydrogen-bond acceptors (Lipinski definition) is 5. The van der Waals surface area contributed by atoms with E-state index in [1.165, 1.54) is 18.6 Å². The van der Waals surface area contributed by atoms with Gasteiger partial charge >= 0.3 is 0 Å². The molecular formula is C23H23FN6. The first-order chi connectivity index (χ1) is 14.7. The van der Waals surface area contributed by atoms with Crippen LogP contribution in [-0.2, 0) is 0 Å². The molecule has 1 N–H and O–H groups in total. The third-order valence-corrected chi connectivity index (χ3v) is 5.44. The topological polar surface area (TPSA) is 58.9 Å². The summed E-state index contributed by atoms with van der Waals surface area (Å²) in [4.78, 5) is 11.9. The van der Waals surface area contributed by atoms with Crippen molar-refractivity contribution in [2.24, 2.45) is 5.92 Å². The van der Waals surface area contributed by atoms with Crippen LogP contribution in [0.15, 0.2) is 60.8 Å². The monoisotopic (exact) mass is 402 g/mol. The molecule has 3 heterocycles. The van der Waals surface area contributed by atoms with Crippen LogP contribution >= 0.6 is 0 Å². The lowest BCUT2D eigenvalue weighted by atomic mass is 10.0. The Labute approximate surface area is 174 Å². The van der Waals surface area contributed by atoms with Crippen molar-refractivity contribution >= 4 is 28.5 Å². The average molecular weight is 402 g/mol. The SMILES string of the molecule is C[C@H]1CCCN(c2nc(Nc3cccc(F)c3)c3cnn(-c4ccccc4)c3n2)C1. The van der Waals surface area contributed by atoms with Crippen LogP contribution in [0.2, 0.25) is 0 Å². The number of aromatic nitrogens is 4. The van der Waals surface area contributed by atoms with Crippen molar-refractivity contribution in [3.05, 3.63) is 66.6 Å². The number of nitrogens with zero attached hydrogens (tertiary/aromatic N) is 5. The quantitative estimate of drug-likeness (QED) is 0.524. The predicted octanol–water partition coefficient (Wildman–Crippen LogP) is 4.93. The second-order valence-electron chi connectivity index (χ2n) is 7.83. The maximum absolute atomic E-state index is 13.7. The van der Waals surface area contributed by atoms with E-state index < -0.39 is 0 Å². The predicted molar refractivity (Wildman–Crippen MR) is 117 cm³/mol. The maximum atomic E-state index is 13.7. The lowest BCUT2D eigenvalue weighted by Crippen LogP contribution is -2.35. The number of halogens is 1. The van der Waals surface area contributed by atoms with Gasteiger partial charge in [0, 0.05) is 18.8 Å². The molecule has 6 nitrogen and oxygen atoms in total. The van der Waals surface area contributed by atoms with Gasteiger partial charge in [-0.1, -0.05) is 31.2 Å². The molecule has 0 aliphatic carbocycles. The second-order valence-corrected chi connectivity index (χ2v) is 7.83. The lowest BCUT2D eigenvalue weighted by molar-refractivity contribution is 0.442. The molecule has 0 amide bonds. The van der Waals surface area contributed by atoms with Gasteiger partial charge in [-0.2, -0.15) is 15.1 Å². The number of fused-ring (bicyclic) bond motifs is 1. The third-order valence-electron chi connectivity index (χ3n) is 5.44. The van der Waals surface area contributed by atoms with Crippen molar-refractivity contribution in [2.75, 3.05) is 23.3 Å². The summed E-state index contributed by atoms with van der Waals surface area (Å²) < 4.78 is 15.5. The van der Waals surface area contributed by atoms with Crippen LogP contribution in [-0.4, -0.2) is 32.8 Å².